The predicted octanol–water partition coefficient (Wildman–Crippen LogP) is 12.5. The lowest BCUT2D eigenvalue weighted by molar-refractivity contribution is 0.380. The summed E-state index contributed by atoms with van der Waals surface area (Å²) < 4.78 is 7.18. The zero-order chi connectivity index (χ0) is 39.6. The van der Waals surface area contributed by atoms with Gasteiger partial charge in [0.1, 0.15) is 11.5 Å². The lowest BCUT2D eigenvalue weighted by Crippen LogP contribution is -2.37. The van der Waals surface area contributed by atoms with Crippen molar-refractivity contribution in [2.45, 2.75) is 24.7 Å². The summed E-state index contributed by atoms with van der Waals surface area (Å²) in [6, 6.07) is 57.6. The molecule has 1 aliphatic heterocycles. The summed E-state index contributed by atoms with van der Waals surface area (Å²) in [5.74, 6) is 3.85. The summed E-state index contributed by atoms with van der Waals surface area (Å²) in [4.78, 5) is 19.9. The van der Waals surface area contributed by atoms with E-state index in [9.17, 15) is 0 Å². The molecule has 0 saturated heterocycles. The highest BCUT2D eigenvalue weighted by Crippen LogP contribution is 2.63. The first kappa shape index (κ1) is 34.5. The lowest BCUT2D eigenvalue weighted by Gasteiger charge is -2.43. The van der Waals surface area contributed by atoms with Crippen LogP contribution in [0.4, 0.5) is 0 Å². The van der Waals surface area contributed by atoms with Crippen LogP contribution in [0, 0.1) is 5.92 Å². The molecule has 1 atom stereocenters. The average molecular weight is 771 g/mol. The minimum Gasteiger partial charge on any atom is -0.457 e. The number of benzene rings is 6. The van der Waals surface area contributed by atoms with Crippen molar-refractivity contribution in [3.8, 4) is 62.2 Å². The second-order valence-electron chi connectivity index (χ2n) is 16.0. The summed E-state index contributed by atoms with van der Waals surface area (Å²) in [6.07, 6.45) is 12.1. The quantitative estimate of drug-likeness (QED) is 0.174. The van der Waals surface area contributed by atoms with Gasteiger partial charge in [0.25, 0.3) is 0 Å². The number of pyridine rings is 1. The number of aromatic nitrogens is 4. The molecule has 0 saturated carbocycles. The summed E-state index contributed by atoms with van der Waals surface area (Å²) in [5.41, 5.74) is 15.6. The van der Waals surface area contributed by atoms with Crippen molar-refractivity contribution in [3.63, 3.8) is 0 Å². The molecule has 0 N–H and O–H groups in total. The molecule has 0 radical (unpaired) electrons. The normalized spacial score (nSPS) is 16.5. The number of hydrogen-bond donors (Lipinski definition) is 0. The topological polar surface area (TPSA) is 60.8 Å². The maximum atomic E-state index is 7.18. The molecule has 5 nitrogen and oxygen atoms in total. The molecule has 3 aliphatic carbocycles. The Kier molecular flexibility index (Phi) is 7.95. The van der Waals surface area contributed by atoms with Gasteiger partial charge in [0.05, 0.1) is 11.1 Å². The third kappa shape index (κ3) is 5.39. The fourth-order valence-electron chi connectivity index (χ4n) is 9.99. The molecule has 2 aromatic heterocycles. The first-order valence-corrected chi connectivity index (χ1v) is 20.8. The maximum absolute atomic E-state index is 7.18. The molecule has 60 heavy (non-hydrogen) atoms. The van der Waals surface area contributed by atoms with Crippen LogP contribution in [0.5, 0.6) is 5.75 Å². The molecular weight excluding hydrogens is 733 g/mol. The third-order valence-electron chi connectivity index (χ3n) is 12.7. The summed E-state index contributed by atoms with van der Waals surface area (Å²) in [5, 5.41) is 0. The van der Waals surface area contributed by atoms with E-state index in [0.29, 0.717) is 17.5 Å². The van der Waals surface area contributed by atoms with E-state index >= 15 is 0 Å². The van der Waals surface area contributed by atoms with Crippen LogP contribution in [0.3, 0.4) is 0 Å². The van der Waals surface area contributed by atoms with Gasteiger partial charge in [-0.2, -0.15) is 0 Å². The number of aryl methyl sites for hydroxylation is 1. The first-order chi connectivity index (χ1) is 29.7. The van der Waals surface area contributed by atoms with E-state index in [-0.39, 0.29) is 5.92 Å². The monoisotopic (exact) mass is 770 g/mol. The van der Waals surface area contributed by atoms with Crippen LogP contribution in [0.2, 0.25) is 0 Å². The fraction of sp³-hybridized carbons (Fsp3) is 0.0909. The molecule has 284 valence electrons. The van der Waals surface area contributed by atoms with Gasteiger partial charge in [0, 0.05) is 39.9 Å². The van der Waals surface area contributed by atoms with Gasteiger partial charge in [-0.3, -0.25) is 4.98 Å². The number of fused-ring (bicyclic) bond motifs is 10. The van der Waals surface area contributed by atoms with Crippen LogP contribution in [-0.2, 0) is 11.8 Å². The molecule has 0 amide bonds. The van der Waals surface area contributed by atoms with E-state index in [1.54, 1.807) is 0 Å². The van der Waals surface area contributed by atoms with Crippen LogP contribution in [0.25, 0.3) is 62.0 Å². The van der Waals surface area contributed by atoms with E-state index in [4.69, 9.17) is 24.7 Å². The molecular formula is C55H38N4O. The van der Waals surface area contributed by atoms with E-state index in [0.717, 1.165) is 69.8 Å². The highest BCUT2D eigenvalue weighted by atomic mass is 16.5. The Hall–Kier alpha value is -7.50. The van der Waals surface area contributed by atoms with Crippen molar-refractivity contribution in [2.24, 2.45) is 5.92 Å². The van der Waals surface area contributed by atoms with Crippen LogP contribution in [0.1, 0.15) is 40.8 Å². The molecule has 1 spiro atoms. The summed E-state index contributed by atoms with van der Waals surface area (Å²) >= 11 is 0. The smallest absolute Gasteiger partial charge is 0.164 e. The molecule has 8 aromatic rings. The van der Waals surface area contributed by atoms with Crippen molar-refractivity contribution < 1.29 is 4.74 Å². The van der Waals surface area contributed by atoms with E-state index in [1.807, 2.05) is 66.9 Å². The average Bonchev–Trinajstić information content (AvgIpc) is 3.62. The van der Waals surface area contributed by atoms with Gasteiger partial charge < -0.3 is 4.74 Å². The maximum Gasteiger partial charge on any atom is 0.164 e. The van der Waals surface area contributed by atoms with Crippen LogP contribution < -0.4 is 4.74 Å². The van der Waals surface area contributed by atoms with Gasteiger partial charge in [0.15, 0.2) is 17.5 Å². The molecule has 4 aliphatic rings. The van der Waals surface area contributed by atoms with Crippen LogP contribution in [0.15, 0.2) is 200 Å². The van der Waals surface area contributed by atoms with E-state index in [2.05, 4.69) is 121 Å². The third-order valence-corrected chi connectivity index (χ3v) is 12.7. The fourth-order valence-corrected chi connectivity index (χ4v) is 9.99. The number of ether oxygens (including phenoxy) is 1. The minimum atomic E-state index is -0.526. The standard InChI is InChI=1S/C55H38N4O/c1-3-14-36(15-4-1)52-57-53(37-16-5-2-6-17-37)59-54(58-52)41-20-11-19-38(32-41)39-27-29-47-49(33-39)60-50-34-40(42-24-12-18-35-21-13-31-56-51(35)42)28-30-48(50)55(47)45-25-9-7-22-43(45)44-23-8-10-26-46(44)55/h1-11,13-17,19-27,29-34,40H,12,18,28H2. The Morgan fingerprint density at radius 2 is 1.13 bits per heavy atom. The molecule has 3 heterocycles. The zero-order valence-corrected chi connectivity index (χ0v) is 32.8. The molecule has 12 rings (SSSR count). The number of allylic oxidation sites excluding steroid dienone is 5. The van der Waals surface area contributed by atoms with Gasteiger partial charge in [-0.25, -0.2) is 15.0 Å². The van der Waals surface area contributed by atoms with Gasteiger partial charge in [-0.05, 0) is 88.1 Å². The molecule has 0 bridgehead atoms. The molecule has 5 heteroatoms. The van der Waals surface area contributed by atoms with Crippen LogP contribution in [-0.4, -0.2) is 19.9 Å². The minimum absolute atomic E-state index is 0.157. The Labute approximate surface area is 349 Å². The Morgan fingerprint density at radius 1 is 0.517 bits per heavy atom. The zero-order valence-electron chi connectivity index (χ0n) is 32.8. The Balaban J connectivity index is 1.01. The van der Waals surface area contributed by atoms with Gasteiger partial charge in [0.2, 0.25) is 0 Å². The van der Waals surface area contributed by atoms with Crippen LogP contribution >= 0.6 is 0 Å². The molecule has 1 unspecified atom stereocenters. The van der Waals surface area contributed by atoms with Crippen molar-refractivity contribution in [1.29, 1.82) is 0 Å². The summed E-state index contributed by atoms with van der Waals surface area (Å²) in [6.45, 7) is 0. The molecule has 0 fully saturated rings. The lowest BCUT2D eigenvalue weighted by atomic mass is 9.63. The second kappa shape index (κ2) is 13.8. The molecule has 6 aromatic carbocycles. The second-order valence-corrected chi connectivity index (χ2v) is 16.0. The Morgan fingerprint density at radius 3 is 1.85 bits per heavy atom. The first-order valence-electron chi connectivity index (χ1n) is 20.8. The SMILES string of the molecule is C1=C2Oc3cc(-c4cccc(-c5nc(-c6ccccc6)nc(-c6ccccc6)n5)c4)ccc3C3(C2=CCC1C1=CCCc2cccnc21)c1ccccc1-c1ccccc13. The number of rotatable bonds is 5. The predicted molar refractivity (Wildman–Crippen MR) is 239 cm³/mol. The highest BCUT2D eigenvalue weighted by molar-refractivity contribution is 5.89. The van der Waals surface area contributed by atoms with Crippen molar-refractivity contribution in [2.75, 3.05) is 0 Å². The van der Waals surface area contributed by atoms with Crippen molar-refractivity contribution in [3.05, 3.63) is 227 Å². The van der Waals surface area contributed by atoms with Gasteiger partial charge >= 0.3 is 0 Å². The van der Waals surface area contributed by atoms with Crippen molar-refractivity contribution in [1.82, 2.24) is 19.9 Å². The number of nitrogens with zero attached hydrogens (tertiary/aromatic N) is 4. The van der Waals surface area contributed by atoms with E-state index < -0.39 is 5.41 Å². The van der Waals surface area contributed by atoms with Crippen molar-refractivity contribution >= 4 is 5.57 Å². The van der Waals surface area contributed by atoms with Gasteiger partial charge in [-0.1, -0.05) is 158 Å². The highest BCUT2D eigenvalue weighted by Gasteiger charge is 2.53. The largest absolute Gasteiger partial charge is 0.457 e. The summed E-state index contributed by atoms with van der Waals surface area (Å²) in [7, 11) is 0. The number of hydrogen-bond acceptors (Lipinski definition) is 5. The van der Waals surface area contributed by atoms with Gasteiger partial charge in [-0.15, -0.1) is 0 Å². The van der Waals surface area contributed by atoms with E-state index in [1.165, 1.54) is 39.0 Å². The Bertz CT molecular complexity index is 3010.